The van der Waals surface area contributed by atoms with Crippen LogP contribution in [0.15, 0.2) is 40.4 Å². The largest absolute Gasteiger partial charge is 0.325 e. The zero-order valence-electron chi connectivity index (χ0n) is 17.8. The maximum absolute atomic E-state index is 14.1. The summed E-state index contributed by atoms with van der Waals surface area (Å²) in [5.41, 5.74) is 2.24. The molecule has 0 saturated carbocycles. The molecule has 4 aromatic rings. The van der Waals surface area contributed by atoms with E-state index < -0.39 is 5.92 Å². The first-order valence-electron chi connectivity index (χ1n) is 10.2. The Morgan fingerprint density at radius 2 is 1.74 bits per heavy atom. The van der Waals surface area contributed by atoms with E-state index in [1.54, 1.807) is 23.5 Å². The van der Waals surface area contributed by atoms with Crippen LogP contribution in [0.3, 0.4) is 0 Å². The highest BCUT2D eigenvalue weighted by Crippen LogP contribution is 2.36. The Bertz CT molecular complexity index is 1260. The van der Waals surface area contributed by atoms with Crippen LogP contribution >= 0.6 is 23.5 Å². The van der Waals surface area contributed by atoms with E-state index in [1.165, 1.54) is 19.2 Å². The van der Waals surface area contributed by atoms with Gasteiger partial charge in [-0.25, -0.2) is 15.0 Å². The van der Waals surface area contributed by atoms with Crippen LogP contribution in [0.25, 0.3) is 33.6 Å². The third-order valence-electron chi connectivity index (χ3n) is 5.02. The van der Waals surface area contributed by atoms with Gasteiger partial charge in [-0.15, -0.1) is 23.5 Å². The minimum atomic E-state index is -2.98. The van der Waals surface area contributed by atoms with E-state index in [1.807, 2.05) is 17.8 Å². The Morgan fingerprint density at radius 3 is 2.45 bits per heavy atom. The fraction of sp³-hybridized carbons (Fsp3) is 0.364. The molecule has 0 aromatic carbocycles. The summed E-state index contributed by atoms with van der Waals surface area (Å²) in [6.07, 6.45) is 2.99. The number of alkyl halides is 2. The van der Waals surface area contributed by atoms with E-state index in [0.717, 1.165) is 26.7 Å². The average Bonchev–Trinajstić information content (AvgIpc) is 3.09. The molecule has 0 N–H and O–H groups in total. The van der Waals surface area contributed by atoms with Gasteiger partial charge in [-0.2, -0.15) is 8.78 Å². The van der Waals surface area contributed by atoms with Crippen molar-refractivity contribution in [2.75, 3.05) is 11.5 Å². The number of nitrogens with zero attached hydrogens (tertiary/aromatic N) is 5. The Kier molecular flexibility index (Phi) is 6.16. The van der Waals surface area contributed by atoms with Crippen molar-refractivity contribution in [2.24, 2.45) is 7.05 Å². The fourth-order valence-electron chi connectivity index (χ4n) is 3.38. The first-order valence-corrected chi connectivity index (χ1v) is 12.1. The lowest BCUT2D eigenvalue weighted by Crippen LogP contribution is -2.13. The molecule has 0 amide bonds. The van der Waals surface area contributed by atoms with Crippen molar-refractivity contribution in [3.8, 4) is 11.5 Å². The van der Waals surface area contributed by atoms with Gasteiger partial charge in [0.1, 0.15) is 11.4 Å². The van der Waals surface area contributed by atoms with Crippen molar-refractivity contribution < 1.29 is 8.78 Å². The molecule has 0 aliphatic rings. The third kappa shape index (κ3) is 4.13. The highest BCUT2D eigenvalue weighted by molar-refractivity contribution is 7.99. The minimum Gasteiger partial charge on any atom is -0.325 e. The van der Waals surface area contributed by atoms with Crippen LogP contribution in [0.4, 0.5) is 8.78 Å². The van der Waals surface area contributed by atoms with Gasteiger partial charge in [-0.3, -0.25) is 4.98 Å². The Balaban J connectivity index is 1.89. The summed E-state index contributed by atoms with van der Waals surface area (Å²) in [5.74, 6) is -0.521. The van der Waals surface area contributed by atoms with Crippen LogP contribution in [0.1, 0.15) is 32.9 Å². The van der Waals surface area contributed by atoms with E-state index in [9.17, 15) is 8.78 Å². The highest BCUT2D eigenvalue weighted by atomic mass is 32.2. The number of hydrogen-bond donors (Lipinski definition) is 0. The molecule has 5 nitrogen and oxygen atoms in total. The molecule has 31 heavy (non-hydrogen) atoms. The maximum Gasteiger partial charge on any atom is 0.289 e. The number of fused-ring (bicyclic) bond motifs is 2. The molecule has 4 aromatic heterocycles. The second-order valence-electron chi connectivity index (χ2n) is 7.03. The van der Waals surface area contributed by atoms with E-state index in [2.05, 4.69) is 40.9 Å². The van der Waals surface area contributed by atoms with Gasteiger partial charge < -0.3 is 4.57 Å². The van der Waals surface area contributed by atoms with Gasteiger partial charge in [-0.1, -0.05) is 20.8 Å². The summed E-state index contributed by atoms with van der Waals surface area (Å²) in [6.45, 7) is 5.63. The normalized spacial score (nSPS) is 12.2. The molecule has 0 atom stereocenters. The Hall–Kier alpha value is -2.26. The summed E-state index contributed by atoms with van der Waals surface area (Å²) >= 11 is 3.41. The molecule has 0 saturated heterocycles. The monoisotopic (exact) mass is 459 g/mol. The number of thioether (sulfide) groups is 2. The molecule has 0 aliphatic carbocycles. The second-order valence-corrected chi connectivity index (χ2v) is 9.67. The average molecular weight is 460 g/mol. The predicted octanol–water partition coefficient (Wildman–Crippen LogP) is 6.30. The summed E-state index contributed by atoms with van der Waals surface area (Å²) in [7, 11) is 1.85. The van der Waals surface area contributed by atoms with Crippen LogP contribution in [-0.4, -0.2) is 36.0 Å². The molecule has 4 heterocycles. The smallest absolute Gasteiger partial charge is 0.289 e. The van der Waals surface area contributed by atoms with Gasteiger partial charge in [0.15, 0.2) is 11.5 Å². The van der Waals surface area contributed by atoms with Gasteiger partial charge in [0.2, 0.25) is 0 Å². The first kappa shape index (κ1) is 22.0. The number of halogens is 2. The number of imidazole rings is 1. The first-order chi connectivity index (χ1) is 14.9. The topological polar surface area (TPSA) is 56.5 Å². The lowest BCUT2D eigenvalue weighted by Gasteiger charge is -2.12. The van der Waals surface area contributed by atoms with Gasteiger partial charge in [-0.05, 0) is 29.7 Å². The van der Waals surface area contributed by atoms with E-state index in [4.69, 9.17) is 4.98 Å². The van der Waals surface area contributed by atoms with Crippen molar-refractivity contribution in [3.05, 3.63) is 36.3 Å². The van der Waals surface area contributed by atoms with Crippen LogP contribution in [-0.2, 0) is 13.0 Å². The highest BCUT2D eigenvalue weighted by Gasteiger charge is 2.31. The number of aromatic nitrogens is 5. The van der Waals surface area contributed by atoms with Crippen LogP contribution in [0.5, 0.6) is 0 Å². The van der Waals surface area contributed by atoms with Crippen molar-refractivity contribution in [1.82, 2.24) is 24.5 Å². The summed E-state index contributed by atoms with van der Waals surface area (Å²) < 4.78 is 30.1. The zero-order valence-corrected chi connectivity index (χ0v) is 19.4. The Morgan fingerprint density at radius 1 is 0.968 bits per heavy atom. The number of pyridine rings is 3. The fourth-order valence-corrected chi connectivity index (χ4v) is 4.84. The quantitative estimate of drug-likeness (QED) is 0.302. The molecule has 0 bridgehead atoms. The van der Waals surface area contributed by atoms with Crippen molar-refractivity contribution in [1.29, 1.82) is 0 Å². The molecule has 0 aliphatic heterocycles. The summed E-state index contributed by atoms with van der Waals surface area (Å²) in [6, 6.07) is 5.57. The molecular weight excluding hydrogens is 436 g/mol. The molecule has 162 valence electrons. The van der Waals surface area contributed by atoms with E-state index in [0.29, 0.717) is 28.2 Å². The van der Waals surface area contributed by atoms with Gasteiger partial charge in [0.25, 0.3) is 5.92 Å². The second kappa shape index (κ2) is 8.70. The van der Waals surface area contributed by atoms with Gasteiger partial charge >= 0.3 is 0 Å². The maximum atomic E-state index is 14.1. The molecule has 0 radical (unpaired) electrons. The minimum absolute atomic E-state index is 0.260. The van der Waals surface area contributed by atoms with Crippen molar-refractivity contribution in [3.63, 3.8) is 0 Å². The van der Waals surface area contributed by atoms with Crippen molar-refractivity contribution in [2.45, 2.75) is 42.9 Å². The molecule has 0 unspecified atom stereocenters. The van der Waals surface area contributed by atoms with Crippen LogP contribution < -0.4 is 0 Å². The number of aryl methyl sites for hydroxylation is 1. The number of hydrogen-bond acceptors (Lipinski definition) is 6. The van der Waals surface area contributed by atoms with E-state index >= 15 is 0 Å². The predicted molar refractivity (Wildman–Crippen MR) is 124 cm³/mol. The summed E-state index contributed by atoms with van der Waals surface area (Å²) in [4.78, 5) is 20.1. The lowest BCUT2D eigenvalue weighted by atomic mass is 10.1. The van der Waals surface area contributed by atoms with E-state index in [-0.39, 0.29) is 12.1 Å². The molecule has 0 fully saturated rings. The van der Waals surface area contributed by atoms with Gasteiger partial charge in [0, 0.05) is 34.8 Å². The zero-order chi connectivity index (χ0) is 22.2. The molecule has 0 spiro atoms. The third-order valence-corrected chi connectivity index (χ3v) is 6.77. The van der Waals surface area contributed by atoms with Crippen molar-refractivity contribution >= 4 is 45.6 Å². The molecule has 9 heteroatoms. The lowest BCUT2D eigenvalue weighted by molar-refractivity contribution is -0.0126. The van der Waals surface area contributed by atoms with Gasteiger partial charge in [0.05, 0.1) is 17.2 Å². The standard InChI is InChI=1S/C22H23F2N5S2/c1-5-22(23,24)18-10-15-16(12-25-18)29(4)21(27-15)19-17(31-7-3)9-13-8-14(30-6-2)11-26-20(13)28-19/h8-12H,5-7H2,1-4H3. The molecule has 4 rings (SSSR count). The Labute approximate surface area is 188 Å². The molecular formula is C22H23F2N5S2. The SMILES string of the molecule is CCSc1cnc2nc(-c3nc4cc(C(F)(F)CC)ncc4n3C)c(SCC)cc2c1. The summed E-state index contributed by atoms with van der Waals surface area (Å²) in [5, 5.41) is 0.975. The number of rotatable bonds is 7. The van der Waals surface area contributed by atoms with Crippen LogP contribution in [0, 0.1) is 0 Å². The van der Waals surface area contributed by atoms with Crippen LogP contribution in [0.2, 0.25) is 0 Å².